The molecule has 0 aliphatic carbocycles. The van der Waals surface area contributed by atoms with Gasteiger partial charge in [0.2, 0.25) is 0 Å². The van der Waals surface area contributed by atoms with Gasteiger partial charge in [-0.05, 0) is 165 Å². The summed E-state index contributed by atoms with van der Waals surface area (Å²) in [6.07, 6.45) is 15.1. The Morgan fingerprint density at radius 1 is 0.292 bits per heavy atom. The summed E-state index contributed by atoms with van der Waals surface area (Å²) in [5.41, 5.74) is -1.22. The van der Waals surface area contributed by atoms with E-state index >= 15 is 0 Å². The SMILES string of the molecule is CC(C)(C)C.CC(C)C(C(C)C)C(C)(C)F.CC(C)C(C)(C)C.CCC(C)(C)C.CCC(C)(CC)C(C)(C)C.CCC(C)(F)C(C)C.CCC(C)(F)CC.CCC(C)C(C)(F)CC.CCC(CC)C(C)(C)C.CCC(CC)C(C)(F)CC.CCCC(C)(C)C. The quantitative estimate of drug-likeness (QED) is 0.113. The molecule has 4 unspecified atom stereocenters. The fourth-order valence-electron chi connectivity index (χ4n) is 8.79. The lowest BCUT2D eigenvalue weighted by Crippen LogP contribution is -2.34. The zero-order chi connectivity index (χ0) is 75.2. The zero-order valence-corrected chi connectivity index (χ0v) is 72.1. The highest BCUT2D eigenvalue weighted by molar-refractivity contribution is 4.85. The van der Waals surface area contributed by atoms with Crippen molar-refractivity contribution in [1.82, 2.24) is 0 Å². The molecular weight excluding hydrogens is 1100 g/mol. The third-order valence-electron chi connectivity index (χ3n) is 19.8. The fraction of sp³-hybridized carbons (Fsp3) is 1.00. The average Bonchev–Trinajstić information content (AvgIpc) is 3.35. The van der Waals surface area contributed by atoms with Crippen LogP contribution in [0.2, 0.25) is 0 Å². The van der Waals surface area contributed by atoms with E-state index in [0.29, 0.717) is 81.8 Å². The highest BCUT2D eigenvalue weighted by Gasteiger charge is 2.35. The van der Waals surface area contributed by atoms with Crippen molar-refractivity contribution in [3.8, 4) is 0 Å². The number of hydrogen-bond donors (Lipinski definition) is 0. The summed E-state index contributed by atoms with van der Waals surface area (Å²) in [4.78, 5) is 0. The van der Waals surface area contributed by atoms with Crippen LogP contribution in [0.4, 0.5) is 22.0 Å². The minimum Gasteiger partial charge on any atom is -0.244 e. The van der Waals surface area contributed by atoms with Gasteiger partial charge in [-0.2, -0.15) is 0 Å². The molecule has 0 heterocycles. The van der Waals surface area contributed by atoms with Crippen LogP contribution in [0.25, 0.3) is 0 Å². The summed E-state index contributed by atoms with van der Waals surface area (Å²) in [6, 6.07) is 0. The van der Waals surface area contributed by atoms with Gasteiger partial charge in [-0.1, -0.05) is 356 Å². The summed E-state index contributed by atoms with van der Waals surface area (Å²) in [5, 5.41) is 0. The Hall–Kier alpha value is -0.350. The average molecular weight is 1290 g/mol. The van der Waals surface area contributed by atoms with E-state index in [1.54, 1.807) is 41.5 Å². The molecule has 0 N–H and O–H groups in total. The second-order valence-electron chi connectivity index (χ2n) is 36.7. The number of alkyl halides is 5. The molecule has 0 saturated heterocycles. The second kappa shape index (κ2) is 53.8. The van der Waals surface area contributed by atoms with Crippen molar-refractivity contribution in [2.24, 2.45) is 85.2 Å². The maximum Gasteiger partial charge on any atom is 0.110 e. The van der Waals surface area contributed by atoms with Gasteiger partial charge in [0, 0.05) is 0 Å². The topological polar surface area (TPSA) is 0 Å². The van der Waals surface area contributed by atoms with Crippen molar-refractivity contribution < 1.29 is 22.0 Å². The molecule has 0 amide bonds. The number of rotatable bonds is 19. The number of hydrogen-bond acceptors (Lipinski definition) is 0. The Bertz CT molecular complexity index is 1410. The molecule has 0 aliphatic rings. The molecule has 0 aromatic carbocycles. The molecule has 0 fully saturated rings. The first-order valence-electron chi connectivity index (χ1n) is 37.4. The van der Waals surface area contributed by atoms with Gasteiger partial charge < -0.3 is 0 Å². The van der Waals surface area contributed by atoms with Crippen LogP contribution < -0.4 is 0 Å². The van der Waals surface area contributed by atoms with Crippen molar-refractivity contribution in [2.75, 3.05) is 0 Å². The minimum absolute atomic E-state index is 0.146. The first-order valence-corrected chi connectivity index (χ1v) is 37.4. The van der Waals surface area contributed by atoms with Crippen LogP contribution in [0.5, 0.6) is 0 Å². The lowest BCUT2D eigenvalue weighted by molar-refractivity contribution is 0.0561. The largest absolute Gasteiger partial charge is 0.244 e. The Morgan fingerprint density at radius 3 is 0.584 bits per heavy atom. The van der Waals surface area contributed by atoms with Gasteiger partial charge in [-0.3, -0.25) is 0 Å². The molecule has 5 heteroatoms. The normalized spacial score (nSPS) is 14.7. The van der Waals surface area contributed by atoms with Crippen LogP contribution in [0, 0.1) is 85.2 Å². The zero-order valence-electron chi connectivity index (χ0n) is 72.1. The first-order chi connectivity index (χ1) is 39.0. The molecule has 0 aliphatic heterocycles. The summed E-state index contributed by atoms with van der Waals surface area (Å²) in [5.74, 6) is 3.31. The Kier molecular flexibility index (Phi) is 68.2. The van der Waals surface area contributed by atoms with Crippen molar-refractivity contribution in [2.45, 2.75) is 464 Å². The first kappa shape index (κ1) is 113. The third-order valence-corrected chi connectivity index (χ3v) is 19.8. The molecule has 0 radical (unpaired) electrons. The second-order valence-corrected chi connectivity index (χ2v) is 36.7. The van der Waals surface area contributed by atoms with Gasteiger partial charge in [0.1, 0.15) is 28.3 Å². The summed E-state index contributed by atoms with van der Waals surface area (Å²) >= 11 is 0. The molecule has 0 nitrogen and oxygen atoms in total. The van der Waals surface area contributed by atoms with Crippen LogP contribution >= 0.6 is 0 Å². The van der Waals surface area contributed by atoms with Crippen LogP contribution in [0.15, 0.2) is 0 Å². The Balaban J connectivity index is -0.0000000841. The standard InChI is InChI=1S/C10H21F.C10H22.C9H19F.C9H20.C8H17F.C7H15F.2C7H16.C6H13F.C6H14.C5H12/c1-7(2)9(8(3)4)10(5,6)11;1-7-10(6,8-2)9(3,4)5;1-5-8(6-2)9(4,10)7-3;1-6-8(7-2)9(3,4)5;1-5-7(3)8(4,9)6-2;1-5-7(4,8)6(2)3;1-6(2)7(3,4)5;1-5-6-7(2,3)4;1-4-6(3,7)5-2;1-5-6(2,3)4;1-5(2,3)4/h7-9H,1-6H3;7-8H2,1-6H3;8H,5-7H2,1-4H3;8H,6-7H2,1-5H3;7H,5-6H2,1-4H3;6H,5H2,1-4H3;6H,1-5H3;5-6H2,1-4H3;4-5H2,1-3H3;5H2,1-4H3;1-4H3. The van der Waals surface area contributed by atoms with Gasteiger partial charge in [0.25, 0.3) is 0 Å². The molecule has 4 atom stereocenters. The third kappa shape index (κ3) is 78.2. The van der Waals surface area contributed by atoms with E-state index in [1.165, 1.54) is 44.9 Å². The predicted octanol–water partition coefficient (Wildman–Crippen LogP) is 33.1. The molecule has 89 heavy (non-hydrogen) atoms. The molecule has 0 saturated carbocycles. The van der Waals surface area contributed by atoms with Crippen molar-refractivity contribution in [3.05, 3.63) is 0 Å². The summed E-state index contributed by atoms with van der Waals surface area (Å²) < 4.78 is 65.7. The Labute approximate surface area is 568 Å². The Morgan fingerprint density at radius 2 is 0.562 bits per heavy atom. The predicted molar refractivity (Wildman–Crippen MR) is 411 cm³/mol. The van der Waals surface area contributed by atoms with Gasteiger partial charge in [-0.25, -0.2) is 22.0 Å². The number of halogens is 5. The maximum atomic E-state index is 13.6. The van der Waals surface area contributed by atoms with Crippen LogP contribution in [-0.2, 0) is 0 Å². The molecule has 556 valence electrons. The van der Waals surface area contributed by atoms with E-state index in [1.807, 2.05) is 62.3 Å². The maximum absolute atomic E-state index is 13.6. The van der Waals surface area contributed by atoms with Crippen molar-refractivity contribution >= 4 is 0 Å². The molecule has 0 rings (SSSR count). The highest BCUT2D eigenvalue weighted by atomic mass is 19.2. The summed E-state index contributed by atoms with van der Waals surface area (Å²) in [6.45, 7) is 103. The van der Waals surface area contributed by atoms with Crippen LogP contribution in [-0.4, -0.2) is 28.3 Å². The van der Waals surface area contributed by atoms with Gasteiger partial charge in [0.05, 0.1) is 0 Å². The van der Waals surface area contributed by atoms with Gasteiger partial charge in [0.15, 0.2) is 0 Å². The van der Waals surface area contributed by atoms with E-state index in [-0.39, 0.29) is 23.7 Å². The van der Waals surface area contributed by atoms with Gasteiger partial charge >= 0.3 is 0 Å². The molecule has 0 bridgehead atoms. The van der Waals surface area contributed by atoms with E-state index in [4.69, 9.17) is 0 Å². The monoisotopic (exact) mass is 1290 g/mol. The molecular formula is C84H185F5. The van der Waals surface area contributed by atoms with Crippen LogP contribution in [0.1, 0.15) is 436 Å². The van der Waals surface area contributed by atoms with Crippen LogP contribution in [0.3, 0.4) is 0 Å². The molecule has 0 aromatic heterocycles. The van der Waals surface area contributed by atoms with E-state index in [9.17, 15) is 22.0 Å². The lowest BCUT2D eigenvalue weighted by atomic mass is 9.65. The van der Waals surface area contributed by atoms with Crippen molar-refractivity contribution in [3.63, 3.8) is 0 Å². The smallest absolute Gasteiger partial charge is 0.110 e. The fourth-order valence-corrected chi connectivity index (χ4v) is 8.79. The lowest BCUT2D eigenvalue weighted by Gasteiger charge is -2.40. The highest BCUT2D eigenvalue weighted by Crippen LogP contribution is 2.43. The summed E-state index contributed by atoms with van der Waals surface area (Å²) in [7, 11) is 0. The van der Waals surface area contributed by atoms with E-state index < -0.39 is 28.3 Å². The van der Waals surface area contributed by atoms with Gasteiger partial charge in [-0.15, -0.1) is 0 Å². The molecule has 0 spiro atoms. The van der Waals surface area contributed by atoms with E-state index in [2.05, 4.69) is 235 Å². The minimum atomic E-state index is -1.04. The van der Waals surface area contributed by atoms with Crippen molar-refractivity contribution in [1.29, 1.82) is 0 Å². The molecule has 0 aromatic rings. The van der Waals surface area contributed by atoms with E-state index in [0.717, 1.165) is 31.1 Å².